The molecule has 2 saturated heterocycles. The zero-order chi connectivity index (χ0) is 8.23. The monoisotopic (exact) mass is 185 g/mol. The lowest BCUT2D eigenvalue weighted by Gasteiger charge is -2.32. The molecule has 0 aromatic rings. The Morgan fingerprint density at radius 3 is 3.00 bits per heavy atom. The summed E-state index contributed by atoms with van der Waals surface area (Å²) in [5, 5.41) is 8.92. The van der Waals surface area contributed by atoms with Gasteiger partial charge in [0.05, 0.1) is 0 Å². The Labute approximate surface area is 78.9 Å². The first-order valence-corrected chi connectivity index (χ1v) is 6.00. The van der Waals surface area contributed by atoms with Crippen LogP contribution in [-0.4, -0.2) is 36.7 Å². The van der Waals surface area contributed by atoms with Gasteiger partial charge in [-0.1, -0.05) is 6.42 Å². The van der Waals surface area contributed by atoms with Gasteiger partial charge in [0.1, 0.15) is 0 Å². The summed E-state index contributed by atoms with van der Waals surface area (Å²) in [5.41, 5.74) is 0. The molecule has 69 valence electrons. The average Bonchev–Trinajstić information content (AvgIpc) is 2.21. The second-order valence-corrected chi connectivity index (χ2v) is 4.93. The number of thioether (sulfide) groups is 1. The van der Waals surface area contributed by atoms with Gasteiger partial charge in [-0.2, -0.15) is 11.8 Å². The average molecular weight is 185 g/mol. The highest BCUT2D eigenvalue weighted by Gasteiger charge is 2.25. The first kappa shape index (κ1) is 8.85. The van der Waals surface area contributed by atoms with E-state index >= 15 is 0 Å². The summed E-state index contributed by atoms with van der Waals surface area (Å²) in [6.07, 6.45) is 4.05. The molecule has 2 heterocycles. The van der Waals surface area contributed by atoms with Crippen LogP contribution in [0.1, 0.15) is 19.3 Å². The molecule has 0 aromatic carbocycles. The minimum atomic E-state index is 0.663. The Morgan fingerprint density at radius 2 is 2.33 bits per heavy atom. The number of piperidine rings is 1. The molecule has 0 spiro atoms. The number of nitrogens with zero attached hydrogens (tertiary/aromatic N) is 1. The normalized spacial score (nSPS) is 38.0. The fourth-order valence-corrected chi connectivity index (χ4v) is 3.19. The van der Waals surface area contributed by atoms with Crippen molar-refractivity contribution in [3.05, 3.63) is 0 Å². The standard InChI is InChI=1S/C9H17N2S/c1-2-4-11-8(3-1)9-7-10-5-6-12-9/h8-10H,1-7H2. The van der Waals surface area contributed by atoms with Gasteiger partial charge in [-0.15, -0.1) is 0 Å². The van der Waals surface area contributed by atoms with E-state index in [-0.39, 0.29) is 0 Å². The Kier molecular flexibility index (Phi) is 3.31. The molecule has 2 nitrogen and oxygen atoms in total. The highest BCUT2D eigenvalue weighted by atomic mass is 32.2. The molecular formula is C9H17N2S. The van der Waals surface area contributed by atoms with E-state index in [1.807, 2.05) is 0 Å². The molecule has 2 unspecified atom stereocenters. The summed E-state index contributed by atoms with van der Waals surface area (Å²) in [4.78, 5) is 0. The van der Waals surface area contributed by atoms with Gasteiger partial charge in [-0.05, 0) is 12.8 Å². The van der Waals surface area contributed by atoms with Crippen molar-refractivity contribution >= 4 is 11.8 Å². The molecule has 2 aliphatic rings. The lowest BCUT2D eigenvalue weighted by atomic mass is 10.0. The van der Waals surface area contributed by atoms with E-state index in [9.17, 15) is 0 Å². The summed E-state index contributed by atoms with van der Waals surface area (Å²) in [5.74, 6) is 1.27. The van der Waals surface area contributed by atoms with Crippen molar-refractivity contribution < 1.29 is 0 Å². The van der Waals surface area contributed by atoms with E-state index in [0.717, 1.165) is 11.8 Å². The molecule has 1 radical (unpaired) electrons. The van der Waals surface area contributed by atoms with Gasteiger partial charge in [0, 0.05) is 36.7 Å². The molecular weight excluding hydrogens is 168 g/mol. The largest absolute Gasteiger partial charge is 0.315 e. The first-order valence-electron chi connectivity index (χ1n) is 4.96. The molecule has 3 heteroatoms. The maximum absolute atomic E-state index is 4.69. The summed E-state index contributed by atoms with van der Waals surface area (Å²) in [6, 6.07) is 0.663. The third-order valence-corrected chi connectivity index (χ3v) is 4.01. The Bertz CT molecular complexity index is 112. The lowest BCUT2D eigenvalue weighted by molar-refractivity contribution is 0.375. The van der Waals surface area contributed by atoms with Crippen LogP contribution in [0, 0.1) is 0 Å². The van der Waals surface area contributed by atoms with Gasteiger partial charge in [-0.3, -0.25) is 0 Å². The summed E-state index contributed by atoms with van der Waals surface area (Å²) in [7, 11) is 0. The molecule has 0 aliphatic carbocycles. The fourth-order valence-electron chi connectivity index (χ4n) is 1.95. The number of rotatable bonds is 1. The van der Waals surface area contributed by atoms with E-state index < -0.39 is 0 Å². The van der Waals surface area contributed by atoms with Crippen LogP contribution in [0.5, 0.6) is 0 Å². The van der Waals surface area contributed by atoms with Gasteiger partial charge in [0.25, 0.3) is 0 Å². The van der Waals surface area contributed by atoms with Crippen LogP contribution in [0.3, 0.4) is 0 Å². The van der Waals surface area contributed by atoms with Gasteiger partial charge in [0.15, 0.2) is 0 Å². The van der Waals surface area contributed by atoms with Crippen molar-refractivity contribution in [1.29, 1.82) is 0 Å². The molecule has 2 aliphatic heterocycles. The van der Waals surface area contributed by atoms with Crippen molar-refractivity contribution in [3.63, 3.8) is 0 Å². The third kappa shape index (κ3) is 2.15. The van der Waals surface area contributed by atoms with E-state index in [0.29, 0.717) is 6.04 Å². The second kappa shape index (κ2) is 4.49. The highest BCUT2D eigenvalue weighted by Crippen LogP contribution is 2.23. The maximum atomic E-state index is 4.69. The highest BCUT2D eigenvalue weighted by molar-refractivity contribution is 8.00. The number of hydrogen-bond donors (Lipinski definition) is 1. The SMILES string of the molecule is C1CCC(C2CNCCS2)[N]C1. The van der Waals surface area contributed by atoms with Crippen molar-refractivity contribution in [2.24, 2.45) is 0 Å². The van der Waals surface area contributed by atoms with Crippen LogP contribution in [-0.2, 0) is 0 Å². The van der Waals surface area contributed by atoms with Crippen molar-refractivity contribution in [1.82, 2.24) is 10.6 Å². The van der Waals surface area contributed by atoms with Gasteiger partial charge < -0.3 is 5.32 Å². The van der Waals surface area contributed by atoms with E-state index in [1.54, 1.807) is 0 Å². The van der Waals surface area contributed by atoms with Crippen molar-refractivity contribution in [2.45, 2.75) is 30.6 Å². The molecule has 0 bridgehead atoms. The molecule has 0 amide bonds. The molecule has 0 aromatic heterocycles. The minimum Gasteiger partial charge on any atom is -0.315 e. The molecule has 0 saturated carbocycles. The minimum absolute atomic E-state index is 0.663. The second-order valence-electron chi connectivity index (χ2n) is 3.58. The molecule has 2 atom stereocenters. The van der Waals surface area contributed by atoms with Crippen LogP contribution >= 0.6 is 11.8 Å². The van der Waals surface area contributed by atoms with Crippen LogP contribution < -0.4 is 10.6 Å². The van der Waals surface area contributed by atoms with Crippen LogP contribution in [0.2, 0.25) is 0 Å². The van der Waals surface area contributed by atoms with Gasteiger partial charge >= 0.3 is 0 Å². The molecule has 12 heavy (non-hydrogen) atoms. The predicted molar refractivity (Wildman–Crippen MR) is 53.8 cm³/mol. The first-order chi connectivity index (χ1) is 5.97. The summed E-state index contributed by atoms with van der Waals surface area (Å²) in [6.45, 7) is 3.48. The molecule has 2 fully saturated rings. The van der Waals surface area contributed by atoms with Crippen LogP contribution in [0.25, 0.3) is 0 Å². The zero-order valence-electron chi connectivity index (χ0n) is 7.46. The maximum Gasteiger partial charge on any atom is 0.0377 e. The Morgan fingerprint density at radius 1 is 1.33 bits per heavy atom. The van der Waals surface area contributed by atoms with E-state index in [4.69, 9.17) is 5.32 Å². The third-order valence-electron chi connectivity index (χ3n) is 2.66. The topological polar surface area (TPSA) is 26.1 Å². The lowest BCUT2D eigenvalue weighted by Crippen LogP contribution is -2.45. The number of nitrogens with one attached hydrogen (secondary N) is 1. The molecule has 2 rings (SSSR count). The van der Waals surface area contributed by atoms with Crippen molar-refractivity contribution in [2.75, 3.05) is 25.4 Å². The fraction of sp³-hybridized carbons (Fsp3) is 1.00. The van der Waals surface area contributed by atoms with Gasteiger partial charge in [-0.25, -0.2) is 5.32 Å². The van der Waals surface area contributed by atoms with E-state index in [1.165, 1.54) is 38.1 Å². The molecule has 1 N–H and O–H groups in total. The van der Waals surface area contributed by atoms with Gasteiger partial charge in [0.2, 0.25) is 0 Å². The zero-order valence-corrected chi connectivity index (χ0v) is 8.28. The Hall–Kier alpha value is 0.270. The summed E-state index contributed by atoms with van der Waals surface area (Å²) >= 11 is 2.11. The smallest absolute Gasteiger partial charge is 0.0377 e. The quantitative estimate of drug-likeness (QED) is 0.655. The Balaban J connectivity index is 1.80. The summed E-state index contributed by atoms with van der Waals surface area (Å²) < 4.78 is 0. The van der Waals surface area contributed by atoms with Crippen LogP contribution in [0.15, 0.2) is 0 Å². The van der Waals surface area contributed by atoms with Crippen LogP contribution in [0.4, 0.5) is 0 Å². The van der Waals surface area contributed by atoms with E-state index in [2.05, 4.69) is 17.1 Å². The predicted octanol–water partition coefficient (Wildman–Crippen LogP) is 0.848. The van der Waals surface area contributed by atoms with Crippen molar-refractivity contribution in [3.8, 4) is 0 Å². The number of hydrogen-bond acceptors (Lipinski definition) is 2.